The van der Waals surface area contributed by atoms with Gasteiger partial charge in [0.1, 0.15) is 12.4 Å². The minimum Gasteiger partial charge on any atom is -0.492 e. The predicted molar refractivity (Wildman–Crippen MR) is 57.5 cm³/mol. The quantitative estimate of drug-likeness (QED) is 0.731. The summed E-state index contributed by atoms with van der Waals surface area (Å²) in [4.78, 5) is 0. The lowest BCUT2D eigenvalue weighted by Crippen LogP contribution is -2.23. The molecule has 2 rings (SSSR count). The smallest absolute Gasteiger partial charge is 0.119 e. The van der Waals surface area contributed by atoms with Crippen LogP contribution in [0.1, 0.15) is 12.0 Å². The van der Waals surface area contributed by atoms with Crippen molar-refractivity contribution in [2.45, 2.75) is 18.6 Å². The number of hydrogen-bond donors (Lipinski definition) is 0. The second kappa shape index (κ2) is 4.05. The van der Waals surface area contributed by atoms with Crippen LogP contribution in [0.5, 0.6) is 5.75 Å². The van der Waals surface area contributed by atoms with Gasteiger partial charge in [-0.2, -0.15) is 11.8 Å². The molecule has 0 spiro atoms. The minimum atomic E-state index is 0.737. The van der Waals surface area contributed by atoms with E-state index in [4.69, 9.17) is 4.74 Å². The second-order valence-electron chi connectivity index (χ2n) is 3.41. The Hall–Kier alpha value is -0.630. The maximum absolute atomic E-state index is 5.64. The molecule has 1 aliphatic rings. The van der Waals surface area contributed by atoms with Crippen LogP contribution in [0.25, 0.3) is 0 Å². The van der Waals surface area contributed by atoms with E-state index in [1.54, 1.807) is 0 Å². The van der Waals surface area contributed by atoms with Gasteiger partial charge in [-0.3, -0.25) is 0 Å². The van der Waals surface area contributed by atoms with E-state index < -0.39 is 0 Å². The second-order valence-corrected chi connectivity index (χ2v) is 4.81. The van der Waals surface area contributed by atoms with Gasteiger partial charge in [0.25, 0.3) is 0 Å². The molecule has 0 aromatic heterocycles. The monoisotopic (exact) mass is 194 g/mol. The summed E-state index contributed by atoms with van der Waals surface area (Å²) in [6.45, 7) is 2.96. The number of ether oxygens (including phenoxy) is 1. The van der Waals surface area contributed by atoms with E-state index in [1.807, 2.05) is 23.9 Å². The van der Waals surface area contributed by atoms with Gasteiger partial charge in [-0.1, -0.05) is 17.7 Å². The number of rotatable bonds is 3. The Kier molecular flexibility index (Phi) is 2.79. The average Bonchev–Trinajstić information content (AvgIpc) is 2.05. The topological polar surface area (TPSA) is 9.23 Å². The van der Waals surface area contributed by atoms with Gasteiger partial charge in [0.2, 0.25) is 0 Å². The Labute approximate surface area is 83.5 Å². The van der Waals surface area contributed by atoms with E-state index in [-0.39, 0.29) is 0 Å². The Morgan fingerprint density at radius 2 is 2.08 bits per heavy atom. The molecule has 1 aromatic carbocycles. The Bertz CT molecular complexity index is 264. The van der Waals surface area contributed by atoms with Crippen LogP contribution in [0.4, 0.5) is 0 Å². The number of thioether (sulfide) groups is 1. The van der Waals surface area contributed by atoms with Gasteiger partial charge < -0.3 is 4.74 Å². The van der Waals surface area contributed by atoms with Crippen molar-refractivity contribution < 1.29 is 4.74 Å². The van der Waals surface area contributed by atoms with Crippen LogP contribution < -0.4 is 4.74 Å². The lowest BCUT2D eigenvalue weighted by Gasteiger charge is -2.24. The predicted octanol–water partition coefficient (Wildman–Crippen LogP) is 2.88. The highest BCUT2D eigenvalue weighted by atomic mass is 32.2. The molecule has 0 aliphatic carbocycles. The van der Waals surface area contributed by atoms with Crippen LogP contribution in [-0.2, 0) is 0 Å². The fourth-order valence-corrected chi connectivity index (χ4v) is 1.97. The van der Waals surface area contributed by atoms with Gasteiger partial charge in [0.05, 0.1) is 0 Å². The molecule has 0 bridgehead atoms. The van der Waals surface area contributed by atoms with Crippen molar-refractivity contribution in [2.75, 3.05) is 12.4 Å². The maximum atomic E-state index is 5.64. The zero-order valence-electron chi connectivity index (χ0n) is 7.82. The van der Waals surface area contributed by atoms with Crippen LogP contribution in [0, 0.1) is 6.92 Å². The Balaban J connectivity index is 1.83. The van der Waals surface area contributed by atoms with E-state index in [2.05, 4.69) is 19.1 Å². The molecule has 2 heteroatoms. The third kappa shape index (κ3) is 2.41. The maximum Gasteiger partial charge on any atom is 0.119 e. The Morgan fingerprint density at radius 1 is 1.38 bits per heavy atom. The molecule has 1 aliphatic heterocycles. The standard InChI is InChI=1S/C11H14OS/c1-9-2-4-10(5-3-9)12-8-11-6-7-13-11/h2-5,11H,6-8H2,1H3. The van der Waals surface area contributed by atoms with Gasteiger partial charge in [-0.15, -0.1) is 0 Å². The number of aryl methyl sites for hydroxylation is 1. The largest absolute Gasteiger partial charge is 0.492 e. The number of benzene rings is 1. The molecule has 1 unspecified atom stereocenters. The van der Waals surface area contributed by atoms with Crippen molar-refractivity contribution >= 4 is 11.8 Å². The summed E-state index contributed by atoms with van der Waals surface area (Å²) in [5.74, 6) is 2.31. The van der Waals surface area contributed by atoms with Crippen LogP contribution in [0.2, 0.25) is 0 Å². The fourth-order valence-electron chi connectivity index (χ4n) is 1.24. The number of hydrogen-bond acceptors (Lipinski definition) is 2. The lowest BCUT2D eigenvalue weighted by atomic mass is 10.2. The van der Waals surface area contributed by atoms with Crippen molar-refractivity contribution in [1.29, 1.82) is 0 Å². The molecule has 1 fully saturated rings. The summed E-state index contributed by atoms with van der Waals surface area (Å²) in [6.07, 6.45) is 1.32. The molecule has 0 radical (unpaired) electrons. The molecule has 1 atom stereocenters. The average molecular weight is 194 g/mol. The van der Waals surface area contributed by atoms with E-state index in [0.29, 0.717) is 0 Å². The molecule has 13 heavy (non-hydrogen) atoms. The first-order valence-electron chi connectivity index (χ1n) is 4.66. The molecule has 1 aromatic rings. The van der Waals surface area contributed by atoms with E-state index >= 15 is 0 Å². The zero-order chi connectivity index (χ0) is 9.10. The van der Waals surface area contributed by atoms with Gasteiger partial charge in [0.15, 0.2) is 0 Å². The first-order chi connectivity index (χ1) is 6.34. The zero-order valence-corrected chi connectivity index (χ0v) is 8.64. The highest BCUT2D eigenvalue weighted by Gasteiger charge is 2.18. The summed E-state index contributed by atoms with van der Waals surface area (Å²) < 4.78 is 5.64. The van der Waals surface area contributed by atoms with Crippen LogP contribution in [-0.4, -0.2) is 17.6 Å². The molecule has 1 nitrogen and oxygen atoms in total. The van der Waals surface area contributed by atoms with Crippen molar-refractivity contribution in [1.82, 2.24) is 0 Å². The highest BCUT2D eigenvalue weighted by Crippen LogP contribution is 2.28. The first kappa shape index (κ1) is 8.95. The van der Waals surface area contributed by atoms with E-state index in [0.717, 1.165) is 17.6 Å². The van der Waals surface area contributed by atoms with Crippen molar-refractivity contribution in [3.8, 4) is 5.75 Å². The van der Waals surface area contributed by atoms with Gasteiger partial charge >= 0.3 is 0 Å². The fraction of sp³-hybridized carbons (Fsp3) is 0.455. The van der Waals surface area contributed by atoms with Crippen LogP contribution in [0.15, 0.2) is 24.3 Å². The molecule has 0 amide bonds. The molecule has 70 valence electrons. The van der Waals surface area contributed by atoms with Gasteiger partial charge in [-0.25, -0.2) is 0 Å². The molecular weight excluding hydrogens is 180 g/mol. The van der Waals surface area contributed by atoms with Crippen molar-refractivity contribution in [3.05, 3.63) is 29.8 Å². The Morgan fingerprint density at radius 3 is 2.62 bits per heavy atom. The molecule has 1 heterocycles. The lowest BCUT2D eigenvalue weighted by molar-refractivity contribution is 0.311. The van der Waals surface area contributed by atoms with E-state index in [1.165, 1.54) is 17.7 Å². The van der Waals surface area contributed by atoms with E-state index in [9.17, 15) is 0 Å². The molecule has 0 N–H and O–H groups in total. The van der Waals surface area contributed by atoms with Crippen LogP contribution >= 0.6 is 11.8 Å². The van der Waals surface area contributed by atoms with Gasteiger partial charge in [-0.05, 0) is 31.2 Å². The van der Waals surface area contributed by atoms with Crippen LogP contribution in [0.3, 0.4) is 0 Å². The third-order valence-corrected chi connectivity index (χ3v) is 3.56. The van der Waals surface area contributed by atoms with Crippen molar-refractivity contribution in [3.63, 3.8) is 0 Å². The summed E-state index contributed by atoms with van der Waals surface area (Å²) >= 11 is 2.00. The normalized spacial score (nSPS) is 20.8. The third-order valence-electron chi connectivity index (χ3n) is 2.25. The summed E-state index contributed by atoms with van der Waals surface area (Å²) in [5.41, 5.74) is 1.28. The molecular formula is C11H14OS. The summed E-state index contributed by atoms with van der Waals surface area (Å²) in [7, 11) is 0. The minimum absolute atomic E-state index is 0.737. The van der Waals surface area contributed by atoms with Crippen molar-refractivity contribution in [2.24, 2.45) is 0 Å². The summed E-state index contributed by atoms with van der Waals surface area (Å²) in [6, 6.07) is 8.25. The SMILES string of the molecule is Cc1ccc(OCC2CCS2)cc1. The molecule has 0 saturated carbocycles. The van der Waals surface area contributed by atoms with Gasteiger partial charge in [0, 0.05) is 5.25 Å². The molecule has 1 saturated heterocycles. The highest BCUT2D eigenvalue weighted by molar-refractivity contribution is 8.01. The summed E-state index contributed by atoms with van der Waals surface area (Å²) in [5, 5.41) is 0.737. The first-order valence-corrected chi connectivity index (χ1v) is 5.70.